The second kappa shape index (κ2) is 5.50. The molecule has 92 valence electrons. The number of hydrogen-bond acceptors (Lipinski definition) is 5. The molecule has 0 aromatic carbocycles. The van der Waals surface area contributed by atoms with E-state index < -0.39 is 0 Å². The van der Waals surface area contributed by atoms with Crippen LogP contribution in [0.2, 0.25) is 5.28 Å². The lowest BCUT2D eigenvalue weighted by molar-refractivity contribution is 0.0945. The first-order chi connectivity index (χ1) is 8.65. The van der Waals surface area contributed by atoms with Crippen molar-refractivity contribution < 1.29 is 4.79 Å². The number of rotatable bonds is 3. The molecule has 2 aromatic rings. The number of halogens is 1. The third-order valence-corrected chi connectivity index (χ3v) is 2.29. The number of hydrogen-bond donors (Lipinski definition) is 1. The van der Waals surface area contributed by atoms with Crippen LogP contribution in [0.3, 0.4) is 0 Å². The maximum atomic E-state index is 11.8. The van der Waals surface area contributed by atoms with Crippen LogP contribution in [0.4, 0.5) is 0 Å². The fraction of sp³-hybridized carbons (Fsp3) is 0.182. The highest BCUT2D eigenvalue weighted by Crippen LogP contribution is 2.05. The molecular formula is C11H10ClN5O. The molecule has 0 radical (unpaired) electrons. The Kier molecular flexibility index (Phi) is 3.78. The SMILES string of the molecule is Cc1cc(C(=O)NCc2cccnn2)nc(Cl)n1. The van der Waals surface area contributed by atoms with E-state index in [4.69, 9.17) is 11.6 Å². The van der Waals surface area contributed by atoms with Crippen LogP contribution in [0.5, 0.6) is 0 Å². The van der Waals surface area contributed by atoms with Gasteiger partial charge in [0.25, 0.3) is 5.91 Å². The molecule has 7 heteroatoms. The van der Waals surface area contributed by atoms with E-state index in [0.717, 1.165) is 0 Å². The fourth-order valence-corrected chi connectivity index (χ4v) is 1.56. The standard InChI is InChI=1S/C11H10ClN5O/c1-7-5-9(16-11(12)15-7)10(18)13-6-8-3-2-4-14-17-8/h2-5H,6H2,1H3,(H,13,18). The third-order valence-electron chi connectivity index (χ3n) is 2.12. The van der Waals surface area contributed by atoms with Gasteiger partial charge in [-0.2, -0.15) is 10.2 Å². The van der Waals surface area contributed by atoms with E-state index in [1.54, 1.807) is 31.3 Å². The van der Waals surface area contributed by atoms with Crippen molar-refractivity contribution in [1.29, 1.82) is 0 Å². The molecule has 0 fully saturated rings. The number of carbonyl (C=O) groups excluding carboxylic acids is 1. The summed E-state index contributed by atoms with van der Waals surface area (Å²) in [5.74, 6) is -0.326. The molecule has 0 aliphatic heterocycles. The summed E-state index contributed by atoms with van der Waals surface area (Å²) >= 11 is 5.69. The summed E-state index contributed by atoms with van der Waals surface area (Å²) in [4.78, 5) is 19.6. The predicted octanol–water partition coefficient (Wildman–Crippen LogP) is 1.16. The second-order valence-corrected chi connectivity index (χ2v) is 3.90. The Bertz CT molecular complexity index is 540. The first kappa shape index (κ1) is 12.4. The van der Waals surface area contributed by atoms with Gasteiger partial charge in [0.05, 0.1) is 12.2 Å². The predicted molar refractivity (Wildman–Crippen MR) is 65.0 cm³/mol. The first-order valence-electron chi connectivity index (χ1n) is 5.21. The van der Waals surface area contributed by atoms with Crippen molar-refractivity contribution in [2.75, 3.05) is 0 Å². The van der Waals surface area contributed by atoms with Crippen LogP contribution in [0.25, 0.3) is 0 Å². The Hall–Kier alpha value is -2.08. The van der Waals surface area contributed by atoms with Gasteiger partial charge >= 0.3 is 0 Å². The number of nitrogens with zero attached hydrogens (tertiary/aromatic N) is 4. The molecule has 1 N–H and O–H groups in total. The van der Waals surface area contributed by atoms with Crippen molar-refractivity contribution in [2.45, 2.75) is 13.5 Å². The number of aromatic nitrogens is 4. The normalized spacial score (nSPS) is 10.1. The number of carbonyl (C=O) groups is 1. The highest BCUT2D eigenvalue weighted by Gasteiger charge is 2.09. The molecular weight excluding hydrogens is 254 g/mol. The topological polar surface area (TPSA) is 80.7 Å². The summed E-state index contributed by atoms with van der Waals surface area (Å²) in [6, 6.07) is 5.09. The van der Waals surface area contributed by atoms with E-state index in [1.165, 1.54) is 0 Å². The first-order valence-corrected chi connectivity index (χ1v) is 5.59. The van der Waals surface area contributed by atoms with Gasteiger partial charge in [-0.15, -0.1) is 0 Å². The van der Waals surface area contributed by atoms with Crippen molar-refractivity contribution >= 4 is 17.5 Å². The summed E-state index contributed by atoms with van der Waals surface area (Å²) < 4.78 is 0. The lowest BCUT2D eigenvalue weighted by Gasteiger charge is -2.04. The van der Waals surface area contributed by atoms with Crippen LogP contribution >= 0.6 is 11.6 Å². The summed E-state index contributed by atoms with van der Waals surface area (Å²) in [6.07, 6.45) is 1.57. The van der Waals surface area contributed by atoms with Gasteiger partial charge in [-0.05, 0) is 36.7 Å². The van der Waals surface area contributed by atoms with Crippen LogP contribution in [0.15, 0.2) is 24.4 Å². The number of aryl methyl sites for hydroxylation is 1. The minimum Gasteiger partial charge on any atom is -0.345 e. The van der Waals surface area contributed by atoms with Gasteiger partial charge in [-0.25, -0.2) is 9.97 Å². The fourth-order valence-electron chi connectivity index (χ4n) is 1.34. The van der Waals surface area contributed by atoms with Gasteiger partial charge < -0.3 is 5.32 Å². The van der Waals surface area contributed by atoms with Crippen molar-refractivity contribution in [3.05, 3.63) is 46.8 Å². The van der Waals surface area contributed by atoms with Crippen molar-refractivity contribution in [3.63, 3.8) is 0 Å². The molecule has 0 saturated carbocycles. The number of nitrogens with one attached hydrogen (secondary N) is 1. The zero-order valence-electron chi connectivity index (χ0n) is 9.59. The quantitative estimate of drug-likeness (QED) is 0.841. The summed E-state index contributed by atoms with van der Waals surface area (Å²) in [7, 11) is 0. The molecule has 0 saturated heterocycles. The Morgan fingerprint density at radius 3 is 2.94 bits per heavy atom. The second-order valence-electron chi connectivity index (χ2n) is 3.56. The smallest absolute Gasteiger partial charge is 0.270 e. The van der Waals surface area contributed by atoms with Crippen molar-refractivity contribution in [3.8, 4) is 0 Å². The van der Waals surface area contributed by atoms with E-state index in [-0.39, 0.29) is 23.4 Å². The summed E-state index contributed by atoms with van der Waals surface area (Å²) in [5.41, 5.74) is 1.54. The lowest BCUT2D eigenvalue weighted by Crippen LogP contribution is -2.24. The van der Waals surface area contributed by atoms with E-state index in [1.807, 2.05) is 0 Å². The zero-order chi connectivity index (χ0) is 13.0. The van der Waals surface area contributed by atoms with E-state index >= 15 is 0 Å². The third kappa shape index (κ3) is 3.21. The highest BCUT2D eigenvalue weighted by atomic mass is 35.5. The Balaban J connectivity index is 2.04. The van der Waals surface area contributed by atoms with Crippen LogP contribution in [-0.2, 0) is 6.54 Å². The molecule has 1 amide bonds. The van der Waals surface area contributed by atoms with Gasteiger partial charge in [0.2, 0.25) is 5.28 Å². The zero-order valence-corrected chi connectivity index (χ0v) is 10.3. The molecule has 0 aliphatic carbocycles. The lowest BCUT2D eigenvalue weighted by atomic mass is 10.3. The molecule has 2 aromatic heterocycles. The molecule has 18 heavy (non-hydrogen) atoms. The van der Waals surface area contributed by atoms with Gasteiger partial charge in [0.1, 0.15) is 5.69 Å². The average Bonchev–Trinajstić information content (AvgIpc) is 2.36. The van der Waals surface area contributed by atoms with Gasteiger partial charge in [0.15, 0.2) is 0 Å². The molecule has 2 heterocycles. The maximum Gasteiger partial charge on any atom is 0.270 e. The summed E-state index contributed by atoms with van der Waals surface area (Å²) in [5, 5.41) is 10.3. The Morgan fingerprint density at radius 1 is 1.44 bits per heavy atom. The Morgan fingerprint density at radius 2 is 2.28 bits per heavy atom. The van der Waals surface area contributed by atoms with Gasteiger partial charge in [-0.1, -0.05) is 0 Å². The molecule has 0 aliphatic rings. The maximum absolute atomic E-state index is 11.8. The highest BCUT2D eigenvalue weighted by molar-refractivity contribution is 6.28. The summed E-state index contributed by atoms with van der Waals surface area (Å²) in [6.45, 7) is 2.03. The monoisotopic (exact) mass is 263 g/mol. The van der Waals surface area contributed by atoms with Gasteiger partial charge in [-0.3, -0.25) is 4.79 Å². The van der Waals surface area contributed by atoms with Crippen molar-refractivity contribution in [2.24, 2.45) is 0 Å². The van der Waals surface area contributed by atoms with Gasteiger partial charge in [0, 0.05) is 11.9 Å². The van der Waals surface area contributed by atoms with Crippen molar-refractivity contribution in [1.82, 2.24) is 25.5 Å². The van der Waals surface area contributed by atoms with E-state index in [2.05, 4.69) is 25.5 Å². The Labute approximate surface area is 108 Å². The van der Waals surface area contributed by atoms with E-state index in [0.29, 0.717) is 11.4 Å². The van der Waals surface area contributed by atoms with Crippen LogP contribution in [0, 0.1) is 6.92 Å². The molecule has 0 unspecified atom stereocenters. The number of amides is 1. The minimum absolute atomic E-state index is 0.0552. The molecule has 6 nitrogen and oxygen atoms in total. The van der Waals surface area contributed by atoms with E-state index in [9.17, 15) is 4.79 Å². The minimum atomic E-state index is -0.326. The average molecular weight is 264 g/mol. The van der Waals surface area contributed by atoms with Crippen LogP contribution < -0.4 is 5.32 Å². The molecule has 0 spiro atoms. The molecule has 0 bridgehead atoms. The molecule has 0 atom stereocenters. The van der Waals surface area contributed by atoms with Crippen LogP contribution in [0.1, 0.15) is 21.9 Å². The largest absolute Gasteiger partial charge is 0.345 e. The molecule has 2 rings (SSSR count). The van der Waals surface area contributed by atoms with Crippen LogP contribution in [-0.4, -0.2) is 26.1 Å².